The molecule has 0 radical (unpaired) electrons. The molecule has 1 aromatic carbocycles. The number of hydrogen-bond acceptors (Lipinski definition) is 7. The minimum Gasteiger partial charge on any atom is -0.353 e. The third-order valence-corrected chi connectivity index (χ3v) is 4.55. The van der Waals surface area contributed by atoms with Crippen molar-refractivity contribution in [2.45, 2.75) is 45.4 Å². The van der Waals surface area contributed by atoms with Gasteiger partial charge in [0.1, 0.15) is 0 Å². The van der Waals surface area contributed by atoms with Crippen LogP contribution in [-0.2, 0) is 4.79 Å². The van der Waals surface area contributed by atoms with Gasteiger partial charge in [0.2, 0.25) is 11.0 Å². The molecule has 0 aliphatic rings. The molecule has 0 fully saturated rings. The van der Waals surface area contributed by atoms with Crippen LogP contribution < -0.4 is 5.32 Å². The van der Waals surface area contributed by atoms with Crippen molar-refractivity contribution in [1.82, 2.24) is 5.32 Å². The van der Waals surface area contributed by atoms with Crippen LogP contribution in [0.15, 0.2) is 29.7 Å². The third-order valence-electron chi connectivity index (χ3n) is 3.83. The van der Waals surface area contributed by atoms with E-state index in [1.807, 2.05) is 0 Å². The second-order valence-corrected chi connectivity index (χ2v) is 6.86. The first-order valence-electron chi connectivity index (χ1n) is 8.95. The molecule has 1 N–H and O–H groups in total. The van der Waals surface area contributed by atoms with Gasteiger partial charge in [0, 0.05) is 30.3 Å². The zero-order valence-corrected chi connectivity index (χ0v) is 16.4. The zero-order valence-electron chi connectivity index (χ0n) is 15.6. The van der Waals surface area contributed by atoms with Crippen LogP contribution in [-0.4, -0.2) is 27.4 Å². The molecule has 1 aromatic rings. The standard InChI is InChI=1S/C18H23N3O6S/c1-2-3-4-5-6-7-11-19-17(22)10-12-28-18(23)14-8-9-15(20(24)25)16(13-14)21(26)27/h8-10,12-13H,2-7,11H2,1H3,(H,19,22). The van der Waals surface area contributed by atoms with E-state index in [4.69, 9.17) is 0 Å². The molecular formula is C18H23N3O6S. The van der Waals surface area contributed by atoms with Gasteiger partial charge in [-0.1, -0.05) is 50.8 Å². The van der Waals surface area contributed by atoms with Crippen molar-refractivity contribution in [1.29, 1.82) is 0 Å². The highest BCUT2D eigenvalue weighted by atomic mass is 32.2. The maximum absolute atomic E-state index is 12.1. The van der Waals surface area contributed by atoms with E-state index < -0.39 is 26.3 Å². The summed E-state index contributed by atoms with van der Waals surface area (Å²) in [5, 5.41) is 25.1. The van der Waals surface area contributed by atoms with Crippen LogP contribution in [0.4, 0.5) is 11.4 Å². The molecule has 9 nitrogen and oxygen atoms in total. The molecule has 0 bridgehead atoms. The van der Waals surface area contributed by atoms with E-state index in [0.29, 0.717) is 18.3 Å². The number of nitrogens with one attached hydrogen (secondary N) is 1. The Morgan fingerprint density at radius 2 is 1.68 bits per heavy atom. The van der Waals surface area contributed by atoms with Crippen LogP contribution in [0.3, 0.4) is 0 Å². The molecule has 0 atom stereocenters. The van der Waals surface area contributed by atoms with Gasteiger partial charge in [-0.2, -0.15) is 0 Å². The highest BCUT2D eigenvalue weighted by Gasteiger charge is 2.25. The number of carbonyl (C=O) groups excluding carboxylic acids is 2. The number of nitro groups is 2. The smallest absolute Gasteiger partial charge is 0.346 e. The Morgan fingerprint density at radius 3 is 2.32 bits per heavy atom. The van der Waals surface area contributed by atoms with E-state index in [1.54, 1.807) is 0 Å². The largest absolute Gasteiger partial charge is 0.353 e. The van der Waals surface area contributed by atoms with E-state index in [-0.39, 0.29) is 11.5 Å². The van der Waals surface area contributed by atoms with Crippen LogP contribution in [0.1, 0.15) is 55.8 Å². The average molecular weight is 409 g/mol. The summed E-state index contributed by atoms with van der Waals surface area (Å²) in [4.78, 5) is 43.6. The van der Waals surface area contributed by atoms with Crippen LogP contribution in [0.25, 0.3) is 0 Å². The maximum Gasteiger partial charge on any atom is 0.346 e. The molecule has 0 spiro atoms. The van der Waals surface area contributed by atoms with Crippen molar-refractivity contribution >= 4 is 34.2 Å². The van der Waals surface area contributed by atoms with E-state index in [2.05, 4.69) is 12.2 Å². The van der Waals surface area contributed by atoms with Crippen LogP contribution in [0.2, 0.25) is 0 Å². The quantitative estimate of drug-likeness (QED) is 0.234. The summed E-state index contributed by atoms with van der Waals surface area (Å²) in [6.45, 7) is 2.71. The van der Waals surface area contributed by atoms with Crippen molar-refractivity contribution < 1.29 is 19.4 Å². The van der Waals surface area contributed by atoms with Gasteiger partial charge in [-0.05, 0) is 17.9 Å². The lowest BCUT2D eigenvalue weighted by Gasteiger charge is -2.02. The highest BCUT2D eigenvalue weighted by molar-refractivity contribution is 8.16. The minimum absolute atomic E-state index is 0.0561. The predicted octanol–water partition coefficient (Wildman–Crippen LogP) is 4.37. The van der Waals surface area contributed by atoms with Gasteiger partial charge >= 0.3 is 11.4 Å². The number of carbonyl (C=O) groups is 2. The summed E-state index contributed by atoms with van der Waals surface area (Å²) >= 11 is 0.673. The number of nitro benzene ring substituents is 2. The van der Waals surface area contributed by atoms with Crippen molar-refractivity contribution in [2.75, 3.05) is 6.54 Å². The third kappa shape index (κ3) is 8.30. The Labute approximate surface area is 166 Å². The van der Waals surface area contributed by atoms with Crippen LogP contribution in [0, 0.1) is 20.2 Å². The monoisotopic (exact) mass is 409 g/mol. The van der Waals surface area contributed by atoms with Gasteiger partial charge in [0.15, 0.2) is 0 Å². The molecule has 1 rings (SSSR count). The molecule has 0 unspecified atom stereocenters. The number of rotatable bonds is 12. The fourth-order valence-electron chi connectivity index (χ4n) is 2.35. The second kappa shape index (κ2) is 12.6. The topological polar surface area (TPSA) is 132 Å². The molecule has 1 amide bonds. The normalized spacial score (nSPS) is 10.8. The zero-order chi connectivity index (χ0) is 20.9. The molecule has 0 saturated heterocycles. The lowest BCUT2D eigenvalue weighted by atomic mass is 10.1. The first-order chi connectivity index (χ1) is 13.4. The Balaban J connectivity index is 2.47. The van der Waals surface area contributed by atoms with Crippen molar-refractivity contribution in [2.24, 2.45) is 0 Å². The van der Waals surface area contributed by atoms with Gasteiger partial charge in [0.25, 0.3) is 0 Å². The van der Waals surface area contributed by atoms with E-state index in [9.17, 15) is 29.8 Å². The summed E-state index contributed by atoms with van der Waals surface area (Å²) in [5.41, 5.74) is -1.49. The minimum atomic E-state index is -0.912. The van der Waals surface area contributed by atoms with Crippen molar-refractivity contribution in [3.63, 3.8) is 0 Å². The summed E-state index contributed by atoms with van der Waals surface area (Å²) < 4.78 is 0. The van der Waals surface area contributed by atoms with Gasteiger partial charge in [-0.15, -0.1) is 0 Å². The molecule has 0 saturated carbocycles. The summed E-state index contributed by atoms with van der Waals surface area (Å²) in [5.74, 6) is -0.330. The summed E-state index contributed by atoms with van der Waals surface area (Å²) in [6, 6.07) is 2.93. The Hall–Kier alpha value is -2.75. The number of thioether (sulfide) groups is 1. The number of benzene rings is 1. The first-order valence-corrected chi connectivity index (χ1v) is 9.83. The molecule has 28 heavy (non-hydrogen) atoms. The molecule has 0 heterocycles. The lowest BCUT2D eigenvalue weighted by Crippen LogP contribution is -2.21. The van der Waals surface area contributed by atoms with Gasteiger partial charge < -0.3 is 5.32 Å². The summed E-state index contributed by atoms with van der Waals surface area (Å²) in [7, 11) is 0. The average Bonchev–Trinajstić information content (AvgIpc) is 2.66. The molecule has 0 aromatic heterocycles. The Bertz CT molecular complexity index is 751. The SMILES string of the molecule is CCCCCCCCNC(=O)C=CSC(=O)c1ccc([N+](=O)[O-])c([N+](=O)[O-])c1. The van der Waals surface area contributed by atoms with E-state index in [1.165, 1.54) is 30.7 Å². The molecule has 0 aliphatic heterocycles. The van der Waals surface area contributed by atoms with Crippen LogP contribution in [0.5, 0.6) is 0 Å². The molecule has 10 heteroatoms. The lowest BCUT2D eigenvalue weighted by molar-refractivity contribution is -0.422. The fourth-order valence-corrected chi connectivity index (χ4v) is 2.93. The van der Waals surface area contributed by atoms with Gasteiger partial charge in [-0.3, -0.25) is 29.8 Å². The van der Waals surface area contributed by atoms with E-state index in [0.717, 1.165) is 37.5 Å². The molecule has 152 valence electrons. The van der Waals surface area contributed by atoms with Crippen molar-refractivity contribution in [3.05, 3.63) is 55.5 Å². The maximum atomic E-state index is 12.1. The first kappa shape index (κ1) is 23.3. The number of unbranched alkanes of at least 4 members (excludes halogenated alkanes) is 5. The number of nitrogens with zero attached hydrogens (tertiary/aromatic N) is 2. The second-order valence-electron chi connectivity index (χ2n) is 5.98. The van der Waals surface area contributed by atoms with Crippen LogP contribution >= 0.6 is 11.8 Å². The van der Waals surface area contributed by atoms with Crippen molar-refractivity contribution in [3.8, 4) is 0 Å². The number of hydrogen-bond donors (Lipinski definition) is 1. The van der Waals surface area contributed by atoms with Gasteiger partial charge in [0.05, 0.1) is 9.85 Å². The fraction of sp³-hybridized carbons (Fsp3) is 0.444. The summed E-state index contributed by atoms with van der Waals surface area (Å²) in [6.07, 6.45) is 7.90. The molecular weight excluding hydrogens is 386 g/mol. The molecule has 0 aliphatic carbocycles. The Kier molecular flexibility index (Phi) is 10.5. The predicted molar refractivity (Wildman–Crippen MR) is 107 cm³/mol. The Morgan fingerprint density at radius 1 is 1.04 bits per heavy atom. The number of amides is 1. The highest BCUT2D eigenvalue weighted by Crippen LogP contribution is 2.29. The van der Waals surface area contributed by atoms with E-state index >= 15 is 0 Å². The van der Waals surface area contributed by atoms with Gasteiger partial charge in [-0.25, -0.2) is 0 Å².